The minimum Gasteiger partial charge on any atom is -0.492 e. The first-order chi connectivity index (χ1) is 12.2. The summed E-state index contributed by atoms with van der Waals surface area (Å²) in [5.41, 5.74) is 3.35. The summed E-state index contributed by atoms with van der Waals surface area (Å²) in [5.74, 6) is 2.54. The van der Waals surface area contributed by atoms with Crippen molar-refractivity contribution in [2.75, 3.05) is 20.2 Å². The topological polar surface area (TPSA) is 71.7 Å². The van der Waals surface area contributed by atoms with Crippen LogP contribution in [0.4, 0.5) is 0 Å². The molecule has 0 atom stereocenters. The predicted molar refractivity (Wildman–Crippen MR) is 100 cm³/mol. The Hall–Kier alpha value is -2.50. The number of rotatable bonds is 8. The van der Waals surface area contributed by atoms with Gasteiger partial charge in [-0.05, 0) is 25.5 Å². The molecule has 1 aromatic carbocycles. The molecule has 1 heterocycles. The molecule has 136 valence electrons. The van der Waals surface area contributed by atoms with Crippen molar-refractivity contribution >= 4 is 5.96 Å². The molecule has 1 aromatic heterocycles. The van der Waals surface area contributed by atoms with Crippen LogP contribution in [0.3, 0.4) is 0 Å². The van der Waals surface area contributed by atoms with Crippen LogP contribution in [0.1, 0.15) is 36.4 Å². The highest BCUT2D eigenvalue weighted by Crippen LogP contribution is 2.15. The first-order valence-corrected chi connectivity index (χ1v) is 8.78. The summed E-state index contributed by atoms with van der Waals surface area (Å²) in [5, 5.41) is 10.7. The van der Waals surface area contributed by atoms with Gasteiger partial charge in [-0.2, -0.15) is 0 Å². The van der Waals surface area contributed by atoms with E-state index in [1.54, 1.807) is 7.05 Å². The van der Waals surface area contributed by atoms with E-state index in [9.17, 15) is 0 Å². The van der Waals surface area contributed by atoms with Gasteiger partial charge in [0.1, 0.15) is 18.1 Å². The van der Waals surface area contributed by atoms with Crippen molar-refractivity contribution in [3.05, 3.63) is 46.8 Å². The standard InChI is InChI=1S/C19H28N4O2/c1-5-17-16(18(6-2)25-23-17)13-22-19(20-4)21-11-12-24-15-9-7-14(3)8-10-15/h7-10H,5-6,11-13H2,1-4H3,(H2,20,21,22). The molecular weight excluding hydrogens is 316 g/mol. The lowest BCUT2D eigenvalue weighted by atomic mass is 10.1. The maximum absolute atomic E-state index is 5.71. The van der Waals surface area contributed by atoms with E-state index in [4.69, 9.17) is 9.26 Å². The molecule has 2 aromatic rings. The molecular formula is C19H28N4O2. The lowest BCUT2D eigenvalue weighted by molar-refractivity contribution is 0.322. The van der Waals surface area contributed by atoms with Gasteiger partial charge in [0, 0.05) is 25.6 Å². The molecule has 6 nitrogen and oxygen atoms in total. The molecule has 2 N–H and O–H groups in total. The quantitative estimate of drug-likeness (QED) is 0.438. The summed E-state index contributed by atoms with van der Waals surface area (Å²) < 4.78 is 11.1. The largest absolute Gasteiger partial charge is 0.492 e. The summed E-state index contributed by atoms with van der Waals surface area (Å²) in [6.07, 6.45) is 1.69. The highest BCUT2D eigenvalue weighted by Gasteiger charge is 2.13. The molecule has 0 amide bonds. The maximum Gasteiger partial charge on any atom is 0.191 e. The number of benzene rings is 1. The van der Waals surface area contributed by atoms with Crippen molar-refractivity contribution in [2.45, 2.75) is 40.2 Å². The van der Waals surface area contributed by atoms with Gasteiger partial charge in [0.2, 0.25) is 0 Å². The van der Waals surface area contributed by atoms with Crippen molar-refractivity contribution in [1.29, 1.82) is 0 Å². The molecule has 0 bridgehead atoms. The first kappa shape index (κ1) is 18.8. The minimum atomic E-state index is 0.567. The third-order valence-electron chi connectivity index (χ3n) is 3.95. The molecule has 0 saturated carbocycles. The number of guanidine groups is 1. The third kappa shape index (κ3) is 5.52. The second kappa shape index (κ2) is 9.71. The van der Waals surface area contributed by atoms with Crippen LogP contribution in [0.15, 0.2) is 33.8 Å². The van der Waals surface area contributed by atoms with Crippen LogP contribution in [-0.4, -0.2) is 31.3 Å². The Kier molecular flexibility index (Phi) is 7.32. The van der Waals surface area contributed by atoms with Gasteiger partial charge in [-0.3, -0.25) is 4.99 Å². The van der Waals surface area contributed by atoms with E-state index in [1.165, 1.54) is 5.56 Å². The van der Waals surface area contributed by atoms with Crippen LogP contribution in [-0.2, 0) is 19.4 Å². The summed E-state index contributed by atoms with van der Waals surface area (Å²) in [7, 11) is 1.76. The first-order valence-electron chi connectivity index (χ1n) is 8.78. The van der Waals surface area contributed by atoms with Crippen LogP contribution >= 0.6 is 0 Å². The molecule has 0 aliphatic rings. The zero-order valence-electron chi connectivity index (χ0n) is 15.6. The van der Waals surface area contributed by atoms with Gasteiger partial charge in [0.05, 0.1) is 12.2 Å². The summed E-state index contributed by atoms with van der Waals surface area (Å²) in [6, 6.07) is 8.04. The second-order valence-electron chi connectivity index (χ2n) is 5.75. The number of nitrogens with one attached hydrogen (secondary N) is 2. The SMILES string of the molecule is CCc1noc(CC)c1CNC(=NC)NCCOc1ccc(C)cc1. The monoisotopic (exact) mass is 344 g/mol. The van der Waals surface area contributed by atoms with Crippen molar-refractivity contribution in [2.24, 2.45) is 4.99 Å². The number of hydrogen-bond acceptors (Lipinski definition) is 4. The number of aromatic nitrogens is 1. The Labute approximate surface area is 149 Å². The highest BCUT2D eigenvalue weighted by atomic mass is 16.5. The van der Waals surface area contributed by atoms with Crippen LogP contribution in [0.2, 0.25) is 0 Å². The lowest BCUT2D eigenvalue weighted by Crippen LogP contribution is -2.39. The average Bonchev–Trinajstić information content (AvgIpc) is 3.04. The van der Waals surface area contributed by atoms with Gasteiger partial charge in [0.25, 0.3) is 0 Å². The normalized spacial score (nSPS) is 11.4. The van der Waals surface area contributed by atoms with E-state index in [0.29, 0.717) is 19.7 Å². The zero-order chi connectivity index (χ0) is 18.1. The summed E-state index contributed by atoms with van der Waals surface area (Å²) >= 11 is 0. The number of ether oxygens (including phenoxy) is 1. The highest BCUT2D eigenvalue weighted by molar-refractivity contribution is 5.79. The molecule has 0 aliphatic heterocycles. The lowest BCUT2D eigenvalue weighted by Gasteiger charge is -2.13. The van der Waals surface area contributed by atoms with E-state index in [-0.39, 0.29) is 0 Å². The van der Waals surface area contributed by atoms with Crippen molar-refractivity contribution in [1.82, 2.24) is 15.8 Å². The van der Waals surface area contributed by atoms with Gasteiger partial charge in [-0.25, -0.2) is 0 Å². The number of hydrogen-bond donors (Lipinski definition) is 2. The van der Waals surface area contributed by atoms with Gasteiger partial charge in [-0.15, -0.1) is 0 Å². The third-order valence-corrected chi connectivity index (χ3v) is 3.95. The predicted octanol–water partition coefficient (Wildman–Crippen LogP) is 2.85. The molecule has 0 radical (unpaired) electrons. The molecule has 0 fully saturated rings. The van der Waals surface area contributed by atoms with Crippen molar-refractivity contribution in [3.63, 3.8) is 0 Å². The Balaban J connectivity index is 1.77. The van der Waals surface area contributed by atoms with E-state index >= 15 is 0 Å². The van der Waals surface area contributed by atoms with Gasteiger partial charge in [0.15, 0.2) is 5.96 Å². The van der Waals surface area contributed by atoms with E-state index in [0.717, 1.165) is 41.6 Å². The fraction of sp³-hybridized carbons (Fsp3) is 0.474. The second-order valence-corrected chi connectivity index (χ2v) is 5.75. The van der Waals surface area contributed by atoms with E-state index in [1.807, 2.05) is 24.3 Å². The average molecular weight is 344 g/mol. The van der Waals surface area contributed by atoms with Crippen LogP contribution in [0.25, 0.3) is 0 Å². The van der Waals surface area contributed by atoms with Gasteiger partial charge in [-0.1, -0.05) is 36.7 Å². The molecule has 25 heavy (non-hydrogen) atoms. The Bertz CT molecular complexity index is 656. The fourth-order valence-corrected chi connectivity index (χ4v) is 2.50. The number of aliphatic imine (C=N–C) groups is 1. The summed E-state index contributed by atoms with van der Waals surface area (Å²) in [6.45, 7) is 8.09. The van der Waals surface area contributed by atoms with Crippen molar-refractivity contribution < 1.29 is 9.26 Å². The summed E-state index contributed by atoms with van der Waals surface area (Å²) in [4.78, 5) is 4.24. The maximum atomic E-state index is 5.71. The van der Waals surface area contributed by atoms with Crippen LogP contribution < -0.4 is 15.4 Å². The van der Waals surface area contributed by atoms with Gasteiger partial charge >= 0.3 is 0 Å². The van der Waals surface area contributed by atoms with Crippen molar-refractivity contribution in [3.8, 4) is 5.75 Å². The number of aryl methyl sites for hydroxylation is 3. The van der Waals surface area contributed by atoms with E-state index in [2.05, 4.69) is 41.6 Å². The van der Waals surface area contributed by atoms with Crippen LogP contribution in [0, 0.1) is 6.92 Å². The Morgan fingerprint density at radius 3 is 2.56 bits per heavy atom. The Morgan fingerprint density at radius 2 is 1.92 bits per heavy atom. The van der Waals surface area contributed by atoms with Crippen LogP contribution in [0.5, 0.6) is 5.75 Å². The molecule has 0 saturated heterocycles. The molecule has 6 heteroatoms. The molecule has 2 rings (SSSR count). The minimum absolute atomic E-state index is 0.567. The van der Waals surface area contributed by atoms with Gasteiger partial charge < -0.3 is 19.9 Å². The smallest absolute Gasteiger partial charge is 0.191 e. The zero-order valence-corrected chi connectivity index (χ0v) is 15.6. The Morgan fingerprint density at radius 1 is 1.16 bits per heavy atom. The fourth-order valence-electron chi connectivity index (χ4n) is 2.50. The molecule has 0 aliphatic carbocycles. The van der Waals surface area contributed by atoms with E-state index < -0.39 is 0 Å². The molecule has 0 spiro atoms. The number of nitrogens with zero attached hydrogens (tertiary/aromatic N) is 2. The molecule has 0 unspecified atom stereocenters.